The van der Waals surface area contributed by atoms with Crippen LogP contribution in [0.2, 0.25) is 0 Å². The van der Waals surface area contributed by atoms with Gasteiger partial charge in [0.25, 0.3) is 0 Å². The fourth-order valence-corrected chi connectivity index (χ4v) is 5.48. The summed E-state index contributed by atoms with van der Waals surface area (Å²) in [5, 5.41) is 10.4. The van der Waals surface area contributed by atoms with Crippen molar-refractivity contribution >= 4 is 6.08 Å². The Morgan fingerprint density at radius 3 is 2.67 bits per heavy atom. The molecule has 0 amide bonds. The number of nitrogens with zero attached hydrogens (tertiary/aromatic N) is 1. The molecule has 5 rings (SSSR count). The van der Waals surface area contributed by atoms with Crippen molar-refractivity contribution in [3.05, 3.63) is 77.4 Å². The lowest BCUT2D eigenvalue weighted by Crippen LogP contribution is -2.54. The molecular formula is C22H19NO. The lowest BCUT2D eigenvalue weighted by Gasteiger charge is -2.50. The molecule has 2 bridgehead atoms. The highest BCUT2D eigenvalue weighted by atomic mass is 16.5. The van der Waals surface area contributed by atoms with Gasteiger partial charge in [-0.05, 0) is 29.0 Å². The van der Waals surface area contributed by atoms with E-state index in [4.69, 9.17) is 4.74 Å². The molecular weight excluding hydrogens is 294 g/mol. The largest absolute Gasteiger partial charge is 0.380 e. The summed E-state index contributed by atoms with van der Waals surface area (Å²) in [6, 6.07) is 21.9. The normalized spacial score (nSPS) is 35.8. The number of hydrogen-bond donors (Lipinski definition) is 0. The van der Waals surface area contributed by atoms with Gasteiger partial charge >= 0.3 is 0 Å². The quantitative estimate of drug-likeness (QED) is 0.786. The maximum absolute atomic E-state index is 10.4. The van der Waals surface area contributed by atoms with E-state index in [0.717, 1.165) is 6.42 Å². The molecule has 2 unspecified atom stereocenters. The van der Waals surface area contributed by atoms with Gasteiger partial charge in [0.2, 0.25) is 0 Å². The highest BCUT2D eigenvalue weighted by Gasteiger charge is 2.68. The molecule has 0 N–H and O–H groups in total. The standard InChI is InChI=1S/C22H19NO/c23-14-22-18-12-20(16-6-2-1-3-7-16)21(22,15-24-13-18)11-10-17-8-4-5-9-19(17)22/h1-11,18,20H,12-13,15H2/t18?,20-,21?,22+/m1/s1. The van der Waals surface area contributed by atoms with Gasteiger partial charge < -0.3 is 4.74 Å². The van der Waals surface area contributed by atoms with E-state index < -0.39 is 5.41 Å². The SMILES string of the molecule is N#C[C@]12c3ccccc3C=CC13COCC2C[C@@H]3c1ccccc1. The number of nitriles is 1. The van der Waals surface area contributed by atoms with Crippen molar-refractivity contribution < 1.29 is 4.74 Å². The van der Waals surface area contributed by atoms with Crippen LogP contribution in [0.15, 0.2) is 60.7 Å². The Balaban J connectivity index is 1.79. The predicted molar refractivity (Wildman–Crippen MR) is 93.3 cm³/mol. The van der Waals surface area contributed by atoms with Crippen LogP contribution in [-0.4, -0.2) is 13.2 Å². The molecule has 1 heterocycles. The monoisotopic (exact) mass is 313 g/mol. The van der Waals surface area contributed by atoms with Gasteiger partial charge in [-0.15, -0.1) is 0 Å². The Labute approximate surface area is 142 Å². The minimum Gasteiger partial charge on any atom is -0.380 e. The van der Waals surface area contributed by atoms with Gasteiger partial charge in [-0.2, -0.15) is 5.26 Å². The van der Waals surface area contributed by atoms with Crippen molar-refractivity contribution in [2.45, 2.75) is 17.8 Å². The van der Waals surface area contributed by atoms with Crippen LogP contribution >= 0.6 is 0 Å². The lowest BCUT2D eigenvalue weighted by atomic mass is 9.53. The Morgan fingerprint density at radius 2 is 1.83 bits per heavy atom. The fourth-order valence-electron chi connectivity index (χ4n) is 5.48. The molecule has 118 valence electrons. The molecule has 1 aliphatic heterocycles. The summed E-state index contributed by atoms with van der Waals surface area (Å²) in [5.74, 6) is 0.572. The maximum atomic E-state index is 10.4. The minimum atomic E-state index is -0.475. The van der Waals surface area contributed by atoms with Crippen LogP contribution in [0.4, 0.5) is 0 Å². The van der Waals surface area contributed by atoms with Crippen molar-refractivity contribution in [3.8, 4) is 6.07 Å². The molecule has 0 aromatic heterocycles. The van der Waals surface area contributed by atoms with Crippen LogP contribution in [0.1, 0.15) is 29.0 Å². The molecule has 2 aliphatic carbocycles. The number of hydrogen-bond acceptors (Lipinski definition) is 2. The molecule has 2 heteroatoms. The molecule has 2 nitrogen and oxygen atoms in total. The topological polar surface area (TPSA) is 33.0 Å². The minimum absolute atomic E-state index is 0.243. The molecule has 0 spiro atoms. The third kappa shape index (κ3) is 1.49. The molecule has 2 aromatic carbocycles. The molecule has 1 saturated carbocycles. The maximum Gasteiger partial charge on any atom is 0.0996 e. The zero-order valence-electron chi connectivity index (χ0n) is 13.5. The third-order valence-electron chi connectivity index (χ3n) is 6.47. The van der Waals surface area contributed by atoms with Gasteiger partial charge in [0.05, 0.1) is 24.7 Å². The van der Waals surface area contributed by atoms with Crippen molar-refractivity contribution in [1.29, 1.82) is 5.26 Å². The first-order valence-electron chi connectivity index (χ1n) is 8.64. The van der Waals surface area contributed by atoms with Crippen molar-refractivity contribution in [2.75, 3.05) is 13.2 Å². The first kappa shape index (κ1) is 14.0. The van der Waals surface area contributed by atoms with Crippen LogP contribution in [0, 0.1) is 22.7 Å². The van der Waals surface area contributed by atoms with Gasteiger partial charge in [0.15, 0.2) is 0 Å². The zero-order valence-corrected chi connectivity index (χ0v) is 13.5. The Morgan fingerprint density at radius 1 is 1.04 bits per heavy atom. The number of fused-ring (bicyclic) bond motifs is 1. The zero-order chi connectivity index (χ0) is 16.2. The number of benzene rings is 2. The summed E-state index contributed by atoms with van der Waals surface area (Å²) in [6.45, 7) is 1.31. The van der Waals surface area contributed by atoms with E-state index in [1.54, 1.807) is 0 Å². The summed E-state index contributed by atoms with van der Waals surface area (Å²) in [4.78, 5) is 0. The van der Waals surface area contributed by atoms with Crippen LogP contribution in [0.5, 0.6) is 0 Å². The Bertz CT molecular complexity index is 865. The first-order chi connectivity index (χ1) is 11.8. The van der Waals surface area contributed by atoms with E-state index in [9.17, 15) is 5.26 Å². The van der Waals surface area contributed by atoms with E-state index >= 15 is 0 Å². The van der Waals surface area contributed by atoms with Crippen LogP contribution in [0.3, 0.4) is 0 Å². The molecule has 1 saturated heterocycles. The summed E-state index contributed by atoms with van der Waals surface area (Å²) < 4.78 is 6.01. The third-order valence-corrected chi connectivity index (χ3v) is 6.47. The summed E-state index contributed by atoms with van der Waals surface area (Å²) in [6.07, 6.45) is 5.50. The summed E-state index contributed by atoms with van der Waals surface area (Å²) in [7, 11) is 0. The Kier molecular flexibility index (Phi) is 2.81. The first-order valence-corrected chi connectivity index (χ1v) is 8.64. The highest BCUT2D eigenvalue weighted by molar-refractivity contribution is 5.66. The van der Waals surface area contributed by atoms with E-state index in [1.807, 2.05) is 0 Å². The van der Waals surface area contributed by atoms with Gasteiger partial charge in [-0.3, -0.25) is 0 Å². The second kappa shape index (κ2) is 4.82. The average molecular weight is 313 g/mol. The van der Waals surface area contributed by atoms with Gasteiger partial charge in [-0.25, -0.2) is 0 Å². The van der Waals surface area contributed by atoms with E-state index in [1.165, 1.54) is 16.7 Å². The lowest BCUT2D eigenvalue weighted by molar-refractivity contribution is -0.0307. The van der Waals surface area contributed by atoms with Crippen LogP contribution < -0.4 is 0 Å². The molecule has 24 heavy (non-hydrogen) atoms. The Hall–Kier alpha value is -2.37. The second-order valence-corrected chi connectivity index (χ2v) is 7.29. The van der Waals surface area contributed by atoms with E-state index in [2.05, 4.69) is 72.8 Å². The van der Waals surface area contributed by atoms with Gasteiger partial charge in [0, 0.05) is 11.3 Å². The second-order valence-electron chi connectivity index (χ2n) is 7.29. The van der Waals surface area contributed by atoms with Crippen molar-refractivity contribution in [3.63, 3.8) is 0 Å². The molecule has 2 aromatic rings. The molecule has 4 atom stereocenters. The van der Waals surface area contributed by atoms with Gasteiger partial charge in [-0.1, -0.05) is 66.7 Å². The molecule has 0 radical (unpaired) electrons. The molecule has 3 aliphatic rings. The molecule has 2 fully saturated rings. The van der Waals surface area contributed by atoms with Crippen molar-refractivity contribution in [2.24, 2.45) is 11.3 Å². The van der Waals surface area contributed by atoms with Crippen LogP contribution in [-0.2, 0) is 10.2 Å². The van der Waals surface area contributed by atoms with E-state index in [-0.39, 0.29) is 11.3 Å². The fraction of sp³-hybridized carbons (Fsp3) is 0.318. The summed E-state index contributed by atoms with van der Waals surface area (Å²) >= 11 is 0. The highest BCUT2D eigenvalue weighted by Crippen LogP contribution is 2.68. The number of ether oxygens (including phenoxy) is 1. The number of rotatable bonds is 1. The average Bonchev–Trinajstić information content (AvgIpc) is 2.80. The predicted octanol–water partition coefficient (Wildman–Crippen LogP) is 4.30. The van der Waals surface area contributed by atoms with Crippen LogP contribution in [0.25, 0.3) is 6.08 Å². The van der Waals surface area contributed by atoms with Gasteiger partial charge in [0.1, 0.15) is 0 Å². The van der Waals surface area contributed by atoms with E-state index in [0.29, 0.717) is 19.1 Å². The van der Waals surface area contributed by atoms with Crippen molar-refractivity contribution in [1.82, 2.24) is 0 Å². The summed E-state index contributed by atoms with van der Waals surface area (Å²) in [5.41, 5.74) is 2.98. The smallest absolute Gasteiger partial charge is 0.0996 e.